The van der Waals surface area contributed by atoms with Crippen molar-refractivity contribution in [3.63, 3.8) is 0 Å². The minimum absolute atomic E-state index is 0.106. The van der Waals surface area contributed by atoms with Crippen molar-refractivity contribution in [1.29, 1.82) is 5.26 Å². The summed E-state index contributed by atoms with van der Waals surface area (Å²) in [6, 6.07) is 2.38. The summed E-state index contributed by atoms with van der Waals surface area (Å²) < 4.78 is 5.32. The molecule has 3 nitrogen and oxygen atoms in total. The molecule has 0 amide bonds. The lowest BCUT2D eigenvalue weighted by Crippen LogP contribution is -2.40. The number of rotatable bonds is 8. The van der Waals surface area contributed by atoms with E-state index in [0.29, 0.717) is 18.9 Å². The molecule has 0 saturated heterocycles. The minimum atomic E-state index is -1.02. The van der Waals surface area contributed by atoms with E-state index in [2.05, 4.69) is 45.9 Å². The van der Waals surface area contributed by atoms with Gasteiger partial charge >= 0.3 is 5.97 Å². The first kappa shape index (κ1) is 21.5. The van der Waals surface area contributed by atoms with Crippen LogP contribution in [0.1, 0.15) is 79.6 Å². The van der Waals surface area contributed by atoms with Crippen LogP contribution in [-0.2, 0) is 9.53 Å². The van der Waals surface area contributed by atoms with Crippen LogP contribution in [0, 0.1) is 28.6 Å². The fourth-order valence-corrected chi connectivity index (χ4v) is 3.64. The van der Waals surface area contributed by atoms with Gasteiger partial charge in [0.05, 0.1) is 12.7 Å². The van der Waals surface area contributed by atoms with E-state index >= 15 is 0 Å². The third kappa shape index (κ3) is 6.34. The molecule has 0 bridgehead atoms. The Labute approximate surface area is 154 Å². The molecule has 140 valence electrons. The van der Waals surface area contributed by atoms with E-state index < -0.39 is 5.41 Å². The number of allylic oxidation sites excluding steroid dienone is 4. The molecule has 1 rings (SSSR count). The number of carbonyl (C=O) groups is 1. The van der Waals surface area contributed by atoms with Crippen molar-refractivity contribution in [2.45, 2.75) is 79.6 Å². The van der Waals surface area contributed by atoms with Gasteiger partial charge in [0.15, 0.2) is 5.41 Å². The Bertz CT molecular complexity index is 529. The number of nitriles is 1. The van der Waals surface area contributed by atoms with Gasteiger partial charge < -0.3 is 4.74 Å². The minimum Gasteiger partial charge on any atom is -0.465 e. The number of ether oxygens (including phenoxy) is 1. The van der Waals surface area contributed by atoms with Crippen LogP contribution in [0.5, 0.6) is 0 Å². The first-order chi connectivity index (χ1) is 11.9. The summed E-state index contributed by atoms with van der Waals surface area (Å²) in [6.45, 7) is 10.7. The molecular weight excluding hydrogens is 310 g/mol. The van der Waals surface area contributed by atoms with Crippen molar-refractivity contribution in [1.82, 2.24) is 0 Å². The van der Waals surface area contributed by atoms with Gasteiger partial charge in [0.1, 0.15) is 0 Å². The third-order valence-electron chi connectivity index (χ3n) is 5.42. The molecule has 1 unspecified atom stereocenters. The molecule has 1 atom stereocenters. The van der Waals surface area contributed by atoms with Crippen molar-refractivity contribution in [2.75, 3.05) is 6.61 Å². The molecule has 3 heteroatoms. The third-order valence-corrected chi connectivity index (χ3v) is 5.42. The predicted molar refractivity (Wildman–Crippen MR) is 103 cm³/mol. The maximum Gasteiger partial charge on any atom is 0.327 e. The Balaban J connectivity index is 2.92. The van der Waals surface area contributed by atoms with Crippen LogP contribution in [0.4, 0.5) is 0 Å². The van der Waals surface area contributed by atoms with Gasteiger partial charge in [-0.3, -0.25) is 4.79 Å². The highest BCUT2D eigenvalue weighted by molar-refractivity contribution is 5.80. The van der Waals surface area contributed by atoms with Gasteiger partial charge in [0.25, 0.3) is 0 Å². The van der Waals surface area contributed by atoms with Gasteiger partial charge in [-0.2, -0.15) is 5.26 Å². The summed E-state index contributed by atoms with van der Waals surface area (Å²) in [5.74, 6) is 0.469. The summed E-state index contributed by atoms with van der Waals surface area (Å²) in [6.07, 6.45) is 10.8. The molecule has 0 aromatic rings. The molecule has 1 aliphatic rings. The van der Waals surface area contributed by atoms with Crippen LogP contribution < -0.4 is 0 Å². The first-order valence-electron chi connectivity index (χ1n) is 9.73. The highest BCUT2D eigenvalue weighted by atomic mass is 16.5. The second-order valence-corrected chi connectivity index (χ2v) is 7.84. The number of carbonyl (C=O) groups excluding carboxylic acids is 1. The summed E-state index contributed by atoms with van der Waals surface area (Å²) in [5, 5.41) is 9.96. The molecule has 0 aliphatic heterocycles. The van der Waals surface area contributed by atoms with E-state index in [0.717, 1.165) is 38.5 Å². The van der Waals surface area contributed by atoms with E-state index in [9.17, 15) is 10.1 Å². The van der Waals surface area contributed by atoms with Gasteiger partial charge in [-0.15, -0.1) is 0 Å². The van der Waals surface area contributed by atoms with Gasteiger partial charge in [0, 0.05) is 0 Å². The lowest BCUT2D eigenvalue weighted by Gasteiger charge is -2.36. The molecule has 0 aromatic heterocycles. The summed E-state index contributed by atoms with van der Waals surface area (Å²) in [4.78, 5) is 12.7. The number of nitrogens with zero attached hydrogens (tertiary/aromatic N) is 1. The summed E-state index contributed by atoms with van der Waals surface area (Å²) in [7, 11) is 0. The smallest absolute Gasteiger partial charge is 0.327 e. The first-order valence-corrected chi connectivity index (χ1v) is 9.73. The van der Waals surface area contributed by atoms with Crippen molar-refractivity contribution >= 4 is 5.97 Å². The van der Waals surface area contributed by atoms with Crippen molar-refractivity contribution in [3.8, 4) is 6.07 Å². The number of hydrogen-bond acceptors (Lipinski definition) is 3. The molecule has 0 spiro atoms. The van der Waals surface area contributed by atoms with Gasteiger partial charge in [0.2, 0.25) is 0 Å². The average Bonchev–Trinajstić information content (AvgIpc) is 2.57. The molecule has 0 heterocycles. The molecular formula is C22H35NO2. The fraction of sp³-hybridized carbons (Fsp3) is 0.727. The van der Waals surface area contributed by atoms with Gasteiger partial charge in [-0.05, 0) is 71.6 Å². The van der Waals surface area contributed by atoms with Crippen LogP contribution in [-0.4, -0.2) is 12.6 Å². The van der Waals surface area contributed by atoms with Crippen molar-refractivity contribution < 1.29 is 9.53 Å². The molecule has 25 heavy (non-hydrogen) atoms. The van der Waals surface area contributed by atoms with E-state index in [4.69, 9.17) is 4.74 Å². The highest BCUT2D eigenvalue weighted by Gasteiger charge is 2.47. The topological polar surface area (TPSA) is 50.1 Å². The Morgan fingerprint density at radius 3 is 2.36 bits per heavy atom. The number of esters is 1. The lowest BCUT2D eigenvalue weighted by molar-refractivity contribution is -0.155. The quantitative estimate of drug-likeness (QED) is 0.402. The lowest BCUT2D eigenvalue weighted by atomic mass is 9.66. The van der Waals surface area contributed by atoms with Gasteiger partial charge in [-0.25, -0.2) is 0 Å². The maximum absolute atomic E-state index is 12.7. The van der Waals surface area contributed by atoms with Crippen LogP contribution in [0.25, 0.3) is 0 Å². The maximum atomic E-state index is 12.7. The molecule has 1 saturated carbocycles. The molecule has 1 aliphatic carbocycles. The normalized spacial score (nSPS) is 23.3. The molecule has 0 N–H and O–H groups in total. The predicted octanol–water partition coefficient (Wildman–Crippen LogP) is 5.97. The average molecular weight is 346 g/mol. The van der Waals surface area contributed by atoms with E-state index in [1.54, 1.807) is 0 Å². The van der Waals surface area contributed by atoms with Crippen molar-refractivity contribution in [2.24, 2.45) is 17.3 Å². The number of hydrogen-bond donors (Lipinski definition) is 0. The second-order valence-electron chi connectivity index (χ2n) is 7.84. The zero-order chi connectivity index (χ0) is 18.9. The Morgan fingerprint density at radius 2 is 1.84 bits per heavy atom. The van der Waals surface area contributed by atoms with Gasteiger partial charge in [-0.1, -0.05) is 43.1 Å². The van der Waals surface area contributed by atoms with Crippen LogP contribution >= 0.6 is 0 Å². The monoisotopic (exact) mass is 345 g/mol. The van der Waals surface area contributed by atoms with E-state index in [1.165, 1.54) is 11.1 Å². The molecule has 0 aromatic carbocycles. The summed E-state index contributed by atoms with van der Waals surface area (Å²) >= 11 is 0. The van der Waals surface area contributed by atoms with Crippen LogP contribution in [0.3, 0.4) is 0 Å². The highest BCUT2D eigenvalue weighted by Crippen LogP contribution is 2.44. The SMILES string of the molecule is CCOC(=O)C(C#N)(C/C=C(\C)CCC=C(C)C)C1CCC(C)CC1. The Kier molecular flexibility index (Phi) is 8.97. The summed E-state index contributed by atoms with van der Waals surface area (Å²) in [5.41, 5.74) is 1.54. The molecule has 0 radical (unpaired) electrons. The van der Waals surface area contributed by atoms with E-state index in [1.807, 2.05) is 6.92 Å². The largest absolute Gasteiger partial charge is 0.465 e. The zero-order valence-corrected chi connectivity index (χ0v) is 16.7. The van der Waals surface area contributed by atoms with E-state index in [-0.39, 0.29) is 11.9 Å². The fourth-order valence-electron chi connectivity index (χ4n) is 3.64. The van der Waals surface area contributed by atoms with Crippen molar-refractivity contribution in [3.05, 3.63) is 23.3 Å². The molecule has 1 fully saturated rings. The zero-order valence-electron chi connectivity index (χ0n) is 16.7. The van der Waals surface area contributed by atoms with Crippen LogP contribution in [0.2, 0.25) is 0 Å². The standard InChI is InChI=1S/C22H35NO2/c1-6-25-21(24)22(16-23,20-12-10-19(5)11-13-20)15-14-18(4)9-7-8-17(2)3/h8,14,19-20H,6-7,9-13,15H2,1-5H3/b18-14+. The Morgan fingerprint density at radius 1 is 1.20 bits per heavy atom. The second kappa shape index (κ2) is 10.4. The Hall–Kier alpha value is -1.56. The van der Waals surface area contributed by atoms with Crippen LogP contribution in [0.15, 0.2) is 23.3 Å².